The van der Waals surface area contributed by atoms with Crippen LogP contribution in [-0.2, 0) is 38.1 Å². The molecule has 0 aromatic rings. The summed E-state index contributed by atoms with van der Waals surface area (Å²) >= 11 is 1.93. The Labute approximate surface area is 141 Å². The molecule has 0 aromatic carbocycles. The van der Waals surface area contributed by atoms with Crippen LogP contribution in [0.15, 0.2) is 0 Å². The third kappa shape index (κ3) is 5.61. The van der Waals surface area contributed by atoms with Crippen LogP contribution in [0.2, 0.25) is 0 Å². The first-order valence-electron chi connectivity index (χ1n) is 6.17. The molecular formula is C11H17IO9S. The van der Waals surface area contributed by atoms with Crippen molar-refractivity contribution in [3.05, 3.63) is 0 Å². The molecule has 0 aromatic heterocycles. The van der Waals surface area contributed by atoms with E-state index in [-0.39, 0.29) is 0 Å². The number of esters is 2. The van der Waals surface area contributed by atoms with Crippen molar-refractivity contribution in [2.45, 2.75) is 44.6 Å². The fourth-order valence-electron chi connectivity index (χ4n) is 1.98. The quantitative estimate of drug-likeness (QED) is 0.251. The molecule has 1 N–H and O–H groups in total. The summed E-state index contributed by atoms with van der Waals surface area (Å²) in [6.45, 7) is 2.25. The summed E-state index contributed by atoms with van der Waals surface area (Å²) in [5.41, 5.74) is 0. The van der Waals surface area contributed by atoms with Gasteiger partial charge in [-0.25, -0.2) is 0 Å². The van der Waals surface area contributed by atoms with Gasteiger partial charge in [-0.3, -0.25) is 13.8 Å². The van der Waals surface area contributed by atoms with Crippen LogP contribution in [0.25, 0.3) is 0 Å². The van der Waals surface area contributed by atoms with E-state index in [0.717, 1.165) is 20.1 Å². The minimum atomic E-state index is -3.98. The summed E-state index contributed by atoms with van der Waals surface area (Å²) in [6, 6.07) is 0. The van der Waals surface area contributed by atoms with Crippen LogP contribution in [0, 0.1) is 0 Å². The number of hydrogen-bond acceptors (Lipinski definition) is 9. The molecule has 0 spiro atoms. The molecule has 11 heteroatoms. The molecular weight excluding hydrogens is 435 g/mol. The van der Waals surface area contributed by atoms with Crippen molar-refractivity contribution in [1.82, 2.24) is 0 Å². The number of alkyl halides is 1. The average molecular weight is 452 g/mol. The highest BCUT2D eigenvalue weighted by molar-refractivity contribution is 14.1. The Kier molecular flexibility index (Phi) is 6.98. The van der Waals surface area contributed by atoms with Crippen molar-refractivity contribution < 1.29 is 41.5 Å². The van der Waals surface area contributed by atoms with Gasteiger partial charge in [0.15, 0.2) is 24.6 Å². The fourth-order valence-corrected chi connectivity index (χ4v) is 3.30. The lowest BCUT2D eigenvalue weighted by Crippen LogP contribution is -2.61. The van der Waals surface area contributed by atoms with Gasteiger partial charge in [0.2, 0.25) is 0 Å². The van der Waals surface area contributed by atoms with Crippen LogP contribution < -0.4 is 0 Å². The maximum atomic E-state index is 11.3. The van der Waals surface area contributed by atoms with E-state index >= 15 is 0 Å². The molecule has 1 saturated heterocycles. The Bertz CT molecular complexity index is 520. The molecule has 128 valence electrons. The summed E-state index contributed by atoms with van der Waals surface area (Å²) < 4.78 is 43.0. The molecule has 0 amide bonds. The van der Waals surface area contributed by atoms with Crippen molar-refractivity contribution in [2.75, 3.05) is 10.7 Å². The summed E-state index contributed by atoms with van der Waals surface area (Å²) in [4.78, 5) is 22.5. The molecule has 1 rings (SSSR count). The third-order valence-electron chi connectivity index (χ3n) is 2.65. The maximum Gasteiger partial charge on any atom is 0.303 e. The van der Waals surface area contributed by atoms with Gasteiger partial charge in [-0.1, -0.05) is 22.6 Å². The lowest BCUT2D eigenvalue weighted by Gasteiger charge is -2.42. The van der Waals surface area contributed by atoms with E-state index < -0.39 is 52.8 Å². The largest absolute Gasteiger partial charge is 0.456 e. The number of halogens is 1. The van der Waals surface area contributed by atoms with Crippen molar-refractivity contribution >= 4 is 44.6 Å². The number of rotatable bonds is 5. The van der Waals surface area contributed by atoms with E-state index in [4.69, 9.17) is 18.4 Å². The highest BCUT2D eigenvalue weighted by Gasteiger charge is 2.51. The Morgan fingerprint density at radius 1 is 1.14 bits per heavy atom. The van der Waals surface area contributed by atoms with E-state index in [1.54, 1.807) is 0 Å². The predicted octanol–water partition coefficient (Wildman–Crippen LogP) is -0.653. The summed E-state index contributed by atoms with van der Waals surface area (Å²) in [6.07, 6.45) is -5.64. The minimum Gasteiger partial charge on any atom is -0.456 e. The van der Waals surface area contributed by atoms with Crippen LogP contribution in [0.3, 0.4) is 0 Å². The molecule has 0 bridgehead atoms. The molecule has 0 aliphatic carbocycles. The molecule has 1 aliphatic rings. The second-order valence-corrected chi connectivity index (χ2v) is 7.11. The zero-order valence-corrected chi connectivity index (χ0v) is 15.1. The Morgan fingerprint density at radius 3 is 2.05 bits per heavy atom. The van der Waals surface area contributed by atoms with Crippen molar-refractivity contribution in [1.29, 1.82) is 0 Å². The van der Waals surface area contributed by atoms with Gasteiger partial charge in [-0.2, -0.15) is 8.42 Å². The molecule has 0 radical (unpaired) electrons. The van der Waals surface area contributed by atoms with Gasteiger partial charge in [0.1, 0.15) is 6.10 Å². The van der Waals surface area contributed by atoms with Crippen molar-refractivity contribution in [2.24, 2.45) is 0 Å². The van der Waals surface area contributed by atoms with Gasteiger partial charge in [-0.15, -0.1) is 0 Å². The molecule has 1 aliphatic heterocycles. The number of carbonyl (C=O) groups is 2. The lowest BCUT2D eigenvalue weighted by atomic mass is 9.99. The Morgan fingerprint density at radius 2 is 1.64 bits per heavy atom. The zero-order chi connectivity index (χ0) is 17.1. The summed E-state index contributed by atoms with van der Waals surface area (Å²) in [5, 5.41) is 9.92. The number of ether oxygens (including phenoxy) is 3. The normalized spacial score (nSPS) is 32.3. The predicted molar refractivity (Wildman–Crippen MR) is 80.6 cm³/mol. The maximum absolute atomic E-state index is 11.3. The van der Waals surface area contributed by atoms with Crippen LogP contribution in [0.5, 0.6) is 0 Å². The van der Waals surface area contributed by atoms with Gasteiger partial charge >= 0.3 is 11.9 Å². The average Bonchev–Trinajstić information content (AvgIpc) is 2.34. The van der Waals surface area contributed by atoms with Crippen LogP contribution in [0.4, 0.5) is 0 Å². The van der Waals surface area contributed by atoms with E-state index in [2.05, 4.69) is 0 Å². The summed E-state index contributed by atoms with van der Waals surface area (Å²) in [7, 11) is -3.98. The molecule has 9 nitrogen and oxygen atoms in total. The Hall–Kier alpha value is -0.500. The SMILES string of the molecule is CC(=O)O[C@@H]1[C@@H](OS(C)(=O)=O)[C@@H](O)O[C@H](CI)[C@H]1OC(C)=O. The van der Waals surface area contributed by atoms with Gasteiger partial charge in [-0.05, 0) is 0 Å². The van der Waals surface area contributed by atoms with Gasteiger partial charge in [0, 0.05) is 18.3 Å². The van der Waals surface area contributed by atoms with Crippen LogP contribution in [0.1, 0.15) is 13.8 Å². The first-order chi connectivity index (χ1) is 10.0. The number of aliphatic hydroxyl groups excluding tert-OH is 1. The van der Waals surface area contributed by atoms with E-state index in [0.29, 0.717) is 4.43 Å². The Balaban J connectivity index is 3.16. The topological polar surface area (TPSA) is 125 Å². The second-order valence-electron chi connectivity index (χ2n) is 4.63. The van der Waals surface area contributed by atoms with E-state index in [1.165, 1.54) is 0 Å². The molecule has 1 fully saturated rings. The second kappa shape index (κ2) is 7.86. The number of aliphatic hydroxyl groups is 1. The van der Waals surface area contributed by atoms with E-state index in [1.807, 2.05) is 22.6 Å². The lowest BCUT2D eigenvalue weighted by molar-refractivity contribution is -0.276. The van der Waals surface area contributed by atoms with Gasteiger partial charge in [0.05, 0.1) is 6.26 Å². The molecule has 0 saturated carbocycles. The third-order valence-corrected chi connectivity index (χ3v) is 4.09. The molecule has 5 atom stereocenters. The van der Waals surface area contributed by atoms with Crippen molar-refractivity contribution in [3.8, 4) is 0 Å². The first-order valence-corrected chi connectivity index (χ1v) is 9.51. The number of hydrogen-bond donors (Lipinski definition) is 1. The standard InChI is InChI=1S/C11H17IO9S/c1-5(13)18-8-7(4-12)20-11(15)10(21-22(3,16)17)9(8)19-6(2)14/h7-11,15H,4H2,1-3H3/t7-,8-,9+,10-,11+/m1/s1. The smallest absolute Gasteiger partial charge is 0.303 e. The van der Waals surface area contributed by atoms with Gasteiger partial charge in [0.25, 0.3) is 10.1 Å². The van der Waals surface area contributed by atoms with Crippen LogP contribution >= 0.6 is 22.6 Å². The van der Waals surface area contributed by atoms with E-state index in [9.17, 15) is 23.1 Å². The van der Waals surface area contributed by atoms with Crippen LogP contribution in [-0.4, -0.2) is 66.9 Å². The zero-order valence-electron chi connectivity index (χ0n) is 12.1. The highest BCUT2D eigenvalue weighted by Crippen LogP contribution is 2.29. The first kappa shape index (κ1) is 19.5. The molecule has 22 heavy (non-hydrogen) atoms. The molecule has 0 unspecified atom stereocenters. The summed E-state index contributed by atoms with van der Waals surface area (Å²) in [5.74, 6) is -1.42. The highest BCUT2D eigenvalue weighted by atomic mass is 127. The molecule has 1 heterocycles. The fraction of sp³-hybridized carbons (Fsp3) is 0.818. The monoisotopic (exact) mass is 452 g/mol. The number of carbonyl (C=O) groups excluding carboxylic acids is 2. The van der Waals surface area contributed by atoms with Crippen molar-refractivity contribution in [3.63, 3.8) is 0 Å². The van der Waals surface area contributed by atoms with Gasteiger partial charge < -0.3 is 19.3 Å². The minimum absolute atomic E-state index is 0.302.